The first-order valence-corrected chi connectivity index (χ1v) is 9.69. The van der Waals surface area contributed by atoms with Crippen molar-refractivity contribution < 1.29 is 0 Å². The highest BCUT2D eigenvalue weighted by Gasteiger charge is 2.20. The number of hydrogen-bond acceptors (Lipinski definition) is 4. The number of benzene rings is 1. The van der Waals surface area contributed by atoms with Gasteiger partial charge in [-0.15, -0.1) is 11.3 Å². The molecule has 2 aromatic rings. The molecule has 0 aliphatic carbocycles. The molecule has 0 unspecified atom stereocenters. The minimum Gasteiger partial charge on any atom is -0.308 e. The van der Waals surface area contributed by atoms with Crippen molar-refractivity contribution in [3.8, 4) is 0 Å². The van der Waals surface area contributed by atoms with E-state index < -0.39 is 0 Å². The first kappa shape index (κ1) is 16.6. The molecule has 4 heteroatoms. The van der Waals surface area contributed by atoms with E-state index in [1.165, 1.54) is 42.6 Å². The summed E-state index contributed by atoms with van der Waals surface area (Å²) in [6, 6.07) is 9.37. The molecular weight excluding hydrogens is 302 g/mol. The molecule has 1 N–H and O–H groups in total. The molecule has 3 nitrogen and oxygen atoms in total. The summed E-state index contributed by atoms with van der Waals surface area (Å²) >= 11 is 1.69. The molecule has 1 atom stereocenters. The minimum atomic E-state index is 0.546. The van der Waals surface area contributed by atoms with E-state index in [1.807, 2.05) is 5.51 Å². The van der Waals surface area contributed by atoms with Gasteiger partial charge in [-0.1, -0.05) is 44.0 Å². The number of hydrogen-bond donors (Lipinski definition) is 1. The fourth-order valence-electron chi connectivity index (χ4n) is 3.33. The topological polar surface area (TPSA) is 28.2 Å². The highest BCUT2D eigenvalue weighted by molar-refractivity contribution is 7.07. The molecule has 1 aromatic carbocycles. The summed E-state index contributed by atoms with van der Waals surface area (Å²) in [5.41, 5.74) is 6.12. The van der Waals surface area contributed by atoms with Crippen LogP contribution in [0, 0.1) is 0 Å². The van der Waals surface area contributed by atoms with Gasteiger partial charge >= 0.3 is 0 Å². The van der Waals surface area contributed by atoms with Gasteiger partial charge in [0.05, 0.1) is 11.2 Å². The van der Waals surface area contributed by atoms with Crippen molar-refractivity contribution in [2.45, 2.75) is 51.7 Å². The highest BCUT2D eigenvalue weighted by atomic mass is 32.1. The summed E-state index contributed by atoms with van der Waals surface area (Å²) < 4.78 is 0. The Kier molecular flexibility index (Phi) is 6.20. The van der Waals surface area contributed by atoms with E-state index >= 15 is 0 Å². The molecule has 0 saturated heterocycles. The van der Waals surface area contributed by atoms with Crippen LogP contribution in [0.3, 0.4) is 0 Å². The maximum Gasteiger partial charge on any atom is 0.0795 e. The maximum absolute atomic E-state index is 4.47. The van der Waals surface area contributed by atoms with Gasteiger partial charge in [0, 0.05) is 31.1 Å². The van der Waals surface area contributed by atoms with Gasteiger partial charge in [-0.2, -0.15) is 0 Å². The largest absolute Gasteiger partial charge is 0.308 e. The first-order valence-electron chi connectivity index (χ1n) is 8.74. The SMILES string of the molecule is CCCCCN(Cc1cscn1)C[C@H]1Cc2ccccc2CN1. The third kappa shape index (κ3) is 4.87. The van der Waals surface area contributed by atoms with Gasteiger partial charge < -0.3 is 5.32 Å². The number of nitrogens with zero attached hydrogens (tertiary/aromatic N) is 2. The van der Waals surface area contributed by atoms with Crippen LogP contribution < -0.4 is 5.32 Å². The molecule has 124 valence electrons. The predicted molar refractivity (Wildman–Crippen MR) is 97.7 cm³/mol. The van der Waals surface area contributed by atoms with Crippen molar-refractivity contribution in [3.05, 3.63) is 52.0 Å². The second-order valence-electron chi connectivity index (χ2n) is 6.47. The van der Waals surface area contributed by atoms with Crippen molar-refractivity contribution in [3.63, 3.8) is 0 Å². The molecule has 0 bridgehead atoms. The van der Waals surface area contributed by atoms with Crippen LogP contribution in [0.2, 0.25) is 0 Å². The van der Waals surface area contributed by atoms with E-state index in [9.17, 15) is 0 Å². The standard InChI is InChI=1S/C19H27N3S/c1-2-3-6-9-22(13-19-14-23-15-21-19)12-18-10-16-7-4-5-8-17(16)11-20-18/h4-5,7-8,14-15,18,20H,2-3,6,9-13H2,1H3/t18-/m1/s1. The molecule has 3 rings (SSSR count). The Balaban J connectivity index is 1.59. The summed E-state index contributed by atoms with van der Waals surface area (Å²) in [6.45, 7) is 6.53. The van der Waals surface area contributed by atoms with Gasteiger partial charge in [0.15, 0.2) is 0 Å². The Morgan fingerprint density at radius 2 is 2.13 bits per heavy atom. The third-order valence-electron chi connectivity index (χ3n) is 4.59. The Hall–Kier alpha value is -1.23. The van der Waals surface area contributed by atoms with Crippen molar-refractivity contribution in [1.29, 1.82) is 0 Å². The smallest absolute Gasteiger partial charge is 0.0795 e. The quantitative estimate of drug-likeness (QED) is 0.746. The first-order chi connectivity index (χ1) is 11.3. The van der Waals surface area contributed by atoms with E-state index in [-0.39, 0.29) is 0 Å². The zero-order valence-corrected chi connectivity index (χ0v) is 14.8. The summed E-state index contributed by atoms with van der Waals surface area (Å²) in [4.78, 5) is 7.05. The summed E-state index contributed by atoms with van der Waals surface area (Å²) in [7, 11) is 0. The number of aromatic nitrogens is 1. The zero-order valence-electron chi connectivity index (χ0n) is 14.0. The van der Waals surface area contributed by atoms with Gasteiger partial charge in [-0.25, -0.2) is 4.98 Å². The molecule has 0 saturated carbocycles. The fraction of sp³-hybridized carbons (Fsp3) is 0.526. The second-order valence-corrected chi connectivity index (χ2v) is 7.19. The highest BCUT2D eigenvalue weighted by Crippen LogP contribution is 2.18. The number of thiazole rings is 1. The average Bonchev–Trinajstić information content (AvgIpc) is 3.08. The lowest BCUT2D eigenvalue weighted by Gasteiger charge is -2.31. The predicted octanol–water partition coefficient (Wildman–Crippen LogP) is 3.85. The van der Waals surface area contributed by atoms with Crippen molar-refractivity contribution in [2.24, 2.45) is 0 Å². The van der Waals surface area contributed by atoms with Crippen molar-refractivity contribution in [2.75, 3.05) is 13.1 Å². The van der Waals surface area contributed by atoms with E-state index in [0.29, 0.717) is 6.04 Å². The molecule has 0 fully saturated rings. The van der Waals surface area contributed by atoms with Gasteiger partial charge in [0.2, 0.25) is 0 Å². The lowest BCUT2D eigenvalue weighted by atomic mass is 9.95. The van der Waals surface area contributed by atoms with E-state index in [0.717, 1.165) is 26.1 Å². The van der Waals surface area contributed by atoms with Crippen LogP contribution in [0.4, 0.5) is 0 Å². The minimum absolute atomic E-state index is 0.546. The van der Waals surface area contributed by atoms with E-state index in [4.69, 9.17) is 0 Å². The Morgan fingerprint density at radius 3 is 2.91 bits per heavy atom. The van der Waals surface area contributed by atoms with Gasteiger partial charge in [0.1, 0.15) is 0 Å². The summed E-state index contributed by atoms with van der Waals surface area (Å²) in [5, 5.41) is 5.89. The molecule has 1 aromatic heterocycles. The summed E-state index contributed by atoms with van der Waals surface area (Å²) in [5.74, 6) is 0. The van der Waals surface area contributed by atoms with Crippen LogP contribution in [-0.2, 0) is 19.5 Å². The monoisotopic (exact) mass is 329 g/mol. The van der Waals surface area contributed by atoms with Crippen LogP contribution in [-0.4, -0.2) is 29.0 Å². The molecule has 2 heterocycles. The van der Waals surface area contributed by atoms with Crippen LogP contribution in [0.1, 0.15) is 43.0 Å². The Morgan fingerprint density at radius 1 is 1.26 bits per heavy atom. The molecule has 0 spiro atoms. The molecule has 0 radical (unpaired) electrons. The van der Waals surface area contributed by atoms with Crippen LogP contribution >= 0.6 is 11.3 Å². The number of nitrogens with one attached hydrogen (secondary N) is 1. The molecule has 23 heavy (non-hydrogen) atoms. The van der Waals surface area contributed by atoms with E-state index in [1.54, 1.807) is 11.3 Å². The fourth-order valence-corrected chi connectivity index (χ4v) is 3.88. The van der Waals surface area contributed by atoms with Gasteiger partial charge in [-0.05, 0) is 30.5 Å². The third-order valence-corrected chi connectivity index (χ3v) is 5.23. The zero-order chi connectivity index (χ0) is 15.9. The van der Waals surface area contributed by atoms with Crippen molar-refractivity contribution >= 4 is 11.3 Å². The Bertz CT molecular complexity index is 582. The van der Waals surface area contributed by atoms with Gasteiger partial charge in [-0.3, -0.25) is 4.90 Å². The van der Waals surface area contributed by atoms with Crippen molar-refractivity contribution in [1.82, 2.24) is 15.2 Å². The molecule has 0 amide bonds. The lowest BCUT2D eigenvalue weighted by Crippen LogP contribution is -2.44. The van der Waals surface area contributed by atoms with Crippen LogP contribution in [0.15, 0.2) is 35.2 Å². The van der Waals surface area contributed by atoms with Gasteiger partial charge in [0.25, 0.3) is 0 Å². The van der Waals surface area contributed by atoms with Crippen LogP contribution in [0.25, 0.3) is 0 Å². The maximum atomic E-state index is 4.47. The Labute approximate surface area is 143 Å². The normalized spacial score (nSPS) is 17.4. The van der Waals surface area contributed by atoms with Crippen LogP contribution in [0.5, 0.6) is 0 Å². The second kappa shape index (κ2) is 8.57. The molecule has 1 aliphatic rings. The molecular formula is C19H27N3S. The lowest BCUT2D eigenvalue weighted by molar-refractivity contribution is 0.222. The molecule has 1 aliphatic heterocycles. The number of fused-ring (bicyclic) bond motifs is 1. The number of unbranched alkanes of at least 4 members (excludes halogenated alkanes) is 2. The van der Waals surface area contributed by atoms with E-state index in [2.05, 4.69) is 51.8 Å². The number of rotatable bonds is 8. The summed E-state index contributed by atoms with van der Waals surface area (Å²) in [6.07, 6.45) is 5.01. The average molecular weight is 330 g/mol.